The third-order valence-electron chi connectivity index (χ3n) is 11.3. The number of imidazole rings is 1. The van der Waals surface area contributed by atoms with Gasteiger partial charge in [-0.25, -0.2) is 33.4 Å². The smallest absolute Gasteiger partial charge is 0.478 e. The number of phosphoric ester groups is 3. The molecule has 7 atom stereocenters. The van der Waals surface area contributed by atoms with Crippen molar-refractivity contribution in [3.8, 4) is 11.5 Å². The van der Waals surface area contributed by atoms with Gasteiger partial charge in [0.25, 0.3) is 0 Å². The standard InChI is InChI=1S/C42H46F3N8O20P3S/c1-41(2,18-69-76(66,67)73-75(64,65)68-17-27-33(72-74(61,62)63)30(55)38(70-27)52-20-51-29-35(46)49-19-50-36(29)52)34(56)37(57)48-13-12-28(54)47-14-15-77-40(60)24-9-5-11-26-32(24)71-31-23(39(58)59)8-4-10-25(31)53(26)22-7-3-6-21(16-22)42(43,44)45/h3-11,16,19-20,27,30,33-34,38,55-56H,12-15,17-18H2,1-2H3,(H,47,54)(H,48,57)(H,58,59)(H,64,65)(H,66,67)(H2,46,49,50)(H2,61,62,63). The van der Waals surface area contributed by atoms with Crippen LogP contribution in [-0.4, -0.2) is 134 Å². The number of alkyl halides is 3. The lowest BCUT2D eigenvalue weighted by Crippen LogP contribution is -2.46. The normalized spacial score (nSPS) is 19.5. The number of amides is 2. The van der Waals surface area contributed by atoms with Crippen LogP contribution in [0, 0.1) is 5.41 Å². The summed E-state index contributed by atoms with van der Waals surface area (Å²) in [5.41, 5.74) is 2.96. The number of anilines is 4. The summed E-state index contributed by atoms with van der Waals surface area (Å²) in [6.45, 7) is -0.215. The number of aromatic carboxylic acids is 1. The molecule has 7 rings (SSSR count). The number of nitrogen functional groups attached to an aromatic ring is 1. The summed E-state index contributed by atoms with van der Waals surface area (Å²) in [6, 6.07) is 12.7. The average Bonchev–Trinajstić information content (AvgIpc) is 4.00. The Hall–Kier alpha value is -5.92. The number of carbonyl (C=O) groups is 4. The van der Waals surface area contributed by atoms with E-state index in [-0.39, 0.29) is 81.9 Å². The fourth-order valence-corrected chi connectivity index (χ4v) is 11.2. The molecule has 2 amide bonds. The van der Waals surface area contributed by atoms with Crippen molar-refractivity contribution in [2.45, 2.75) is 57.1 Å². The van der Waals surface area contributed by atoms with Gasteiger partial charge >= 0.3 is 35.6 Å². The molecule has 4 heterocycles. The van der Waals surface area contributed by atoms with Crippen LogP contribution < -0.4 is 26.0 Å². The van der Waals surface area contributed by atoms with E-state index >= 15 is 0 Å². The number of fused-ring (bicyclic) bond motifs is 3. The number of carboxylic acids is 1. The summed E-state index contributed by atoms with van der Waals surface area (Å²) in [6.07, 6.45) is -12.2. The molecule has 0 saturated carbocycles. The highest BCUT2D eigenvalue weighted by Crippen LogP contribution is 2.61. The molecule has 0 radical (unpaired) electrons. The second-order valence-corrected chi connectivity index (χ2v) is 22.6. The quantitative estimate of drug-likeness (QED) is 0.0335. The second-order valence-electron chi connectivity index (χ2n) is 17.3. The van der Waals surface area contributed by atoms with E-state index in [1.807, 2.05) is 0 Å². The lowest BCUT2D eigenvalue weighted by Gasteiger charge is -2.34. The summed E-state index contributed by atoms with van der Waals surface area (Å²) in [4.78, 5) is 104. The maximum absolute atomic E-state index is 13.8. The molecule has 7 unspecified atom stereocenters. The molecule has 416 valence electrons. The van der Waals surface area contributed by atoms with E-state index in [2.05, 4.69) is 34.4 Å². The predicted octanol–water partition coefficient (Wildman–Crippen LogP) is 4.27. The fraction of sp³-hybridized carbons (Fsp3) is 0.357. The lowest BCUT2D eigenvalue weighted by molar-refractivity contribution is -0.138. The van der Waals surface area contributed by atoms with E-state index < -0.39 is 107 Å². The number of nitrogens with zero attached hydrogens (tertiary/aromatic N) is 5. The Morgan fingerprint density at radius 1 is 0.896 bits per heavy atom. The van der Waals surface area contributed by atoms with Gasteiger partial charge in [0.2, 0.25) is 16.9 Å². The molecular weight excluding hydrogens is 1120 g/mol. The molecule has 2 aliphatic heterocycles. The molecule has 1 saturated heterocycles. The zero-order valence-corrected chi connectivity index (χ0v) is 43.2. The lowest BCUT2D eigenvalue weighted by atomic mass is 9.87. The highest BCUT2D eigenvalue weighted by Gasteiger charge is 2.50. The van der Waals surface area contributed by atoms with Crippen LogP contribution in [-0.2, 0) is 52.1 Å². The van der Waals surface area contributed by atoms with Crippen molar-refractivity contribution in [1.29, 1.82) is 0 Å². The molecule has 2 aliphatic rings. The third kappa shape index (κ3) is 14.0. The van der Waals surface area contributed by atoms with E-state index in [1.54, 1.807) is 0 Å². The summed E-state index contributed by atoms with van der Waals surface area (Å²) in [5.74, 6) is -3.56. The van der Waals surface area contributed by atoms with Gasteiger partial charge in [-0.2, -0.15) is 17.5 Å². The van der Waals surface area contributed by atoms with Crippen molar-refractivity contribution >= 4 is 92.2 Å². The van der Waals surface area contributed by atoms with Crippen LogP contribution in [0.4, 0.5) is 36.1 Å². The van der Waals surface area contributed by atoms with Crippen molar-refractivity contribution in [2.75, 3.05) is 42.7 Å². The molecule has 5 aromatic rings. The average molecular weight is 1160 g/mol. The number of aliphatic hydroxyl groups is 2. The Morgan fingerprint density at radius 3 is 2.21 bits per heavy atom. The number of para-hydroxylation sites is 2. The summed E-state index contributed by atoms with van der Waals surface area (Å²) >= 11 is 0.727. The van der Waals surface area contributed by atoms with Crippen molar-refractivity contribution in [2.24, 2.45) is 5.41 Å². The number of carboxylic acid groups (broad SMARTS) is 1. The fourth-order valence-electron chi connectivity index (χ4n) is 7.63. The molecule has 0 aliphatic carbocycles. The zero-order chi connectivity index (χ0) is 56.4. The Labute approximate surface area is 436 Å². The molecular formula is C42H46F3N8O20P3S. The number of aliphatic hydroxyl groups excluding tert-OH is 2. The van der Waals surface area contributed by atoms with Crippen LogP contribution in [0.3, 0.4) is 0 Å². The van der Waals surface area contributed by atoms with Crippen molar-refractivity contribution in [1.82, 2.24) is 30.2 Å². The molecule has 28 nitrogen and oxygen atoms in total. The van der Waals surface area contributed by atoms with Gasteiger partial charge in [-0.3, -0.25) is 32.5 Å². The molecule has 1 fully saturated rings. The highest BCUT2D eigenvalue weighted by molar-refractivity contribution is 8.14. The number of hydrogen-bond acceptors (Lipinski definition) is 21. The number of carbonyl (C=O) groups excluding carboxylic acids is 3. The van der Waals surface area contributed by atoms with Crippen LogP contribution in [0.2, 0.25) is 0 Å². The Bertz CT molecular complexity index is 3220. The predicted molar refractivity (Wildman–Crippen MR) is 260 cm³/mol. The topological polar surface area (TPSA) is 413 Å². The minimum atomic E-state index is -5.66. The number of halogens is 3. The molecule has 0 bridgehead atoms. The Balaban J connectivity index is 0.867. The first-order chi connectivity index (χ1) is 36.0. The van der Waals surface area contributed by atoms with Gasteiger partial charge in [-0.05, 0) is 42.5 Å². The summed E-state index contributed by atoms with van der Waals surface area (Å²) < 4.78 is 110. The number of aromatic nitrogens is 4. The first-order valence-electron chi connectivity index (χ1n) is 22.2. The maximum atomic E-state index is 13.8. The SMILES string of the molecule is CC(C)(COP(=O)(O)OP(=O)(O)OCC1OC(n2cnc3c(N)ncnc32)C(O)C1OP(=O)(O)O)C(O)C(=O)NCCC(=O)NCCSC(=O)c1cccc2c1Oc1c(C(=O)O)cccc1N2c1cccc(C(F)(F)F)c1. The van der Waals surface area contributed by atoms with Gasteiger partial charge in [0.05, 0.1) is 42.0 Å². The number of nitrogens with two attached hydrogens (primary N) is 1. The number of phosphoric acid groups is 3. The number of ether oxygens (including phenoxy) is 2. The van der Waals surface area contributed by atoms with Gasteiger partial charge in [-0.1, -0.05) is 43.8 Å². The third-order valence-corrected chi connectivity index (χ3v) is 15.3. The van der Waals surface area contributed by atoms with E-state index in [0.717, 1.165) is 41.1 Å². The van der Waals surface area contributed by atoms with Crippen LogP contribution in [0.15, 0.2) is 73.3 Å². The first-order valence-corrected chi connectivity index (χ1v) is 27.7. The number of nitrogens with one attached hydrogen (secondary N) is 2. The number of rotatable bonds is 22. The molecule has 3 aromatic carbocycles. The zero-order valence-electron chi connectivity index (χ0n) is 39.7. The number of benzene rings is 3. The number of thioether (sulfide) groups is 1. The summed E-state index contributed by atoms with van der Waals surface area (Å²) in [7, 11) is -16.6. The van der Waals surface area contributed by atoms with Crippen LogP contribution in [0.25, 0.3) is 11.2 Å². The Morgan fingerprint density at radius 2 is 1.55 bits per heavy atom. The molecule has 11 N–H and O–H groups in total. The van der Waals surface area contributed by atoms with Crippen LogP contribution >= 0.6 is 35.2 Å². The highest BCUT2D eigenvalue weighted by atomic mass is 32.2. The first kappa shape index (κ1) is 58.8. The molecule has 2 aromatic heterocycles. The Kier molecular flexibility index (Phi) is 17.7. The summed E-state index contributed by atoms with van der Waals surface area (Å²) in [5, 5.41) is 35.9. The van der Waals surface area contributed by atoms with Crippen molar-refractivity contribution < 1.29 is 108 Å². The van der Waals surface area contributed by atoms with Gasteiger partial charge < -0.3 is 65.6 Å². The van der Waals surface area contributed by atoms with E-state index in [1.165, 1.54) is 67.3 Å². The molecule has 0 spiro atoms. The van der Waals surface area contributed by atoms with E-state index in [0.29, 0.717) is 0 Å². The van der Waals surface area contributed by atoms with Gasteiger partial charge in [0, 0.05) is 36.4 Å². The number of hydrogen-bond donors (Lipinski definition) is 10. The largest absolute Gasteiger partial charge is 0.481 e. The van der Waals surface area contributed by atoms with Gasteiger partial charge in [-0.15, -0.1) is 0 Å². The monoisotopic (exact) mass is 1160 g/mol. The van der Waals surface area contributed by atoms with E-state index in [9.17, 15) is 80.9 Å². The van der Waals surface area contributed by atoms with Crippen LogP contribution in [0.1, 0.15) is 52.8 Å². The van der Waals surface area contributed by atoms with E-state index in [4.69, 9.17) is 24.3 Å². The minimum Gasteiger partial charge on any atom is -0.478 e. The second kappa shape index (κ2) is 23.2. The van der Waals surface area contributed by atoms with Gasteiger partial charge in [0.1, 0.15) is 41.8 Å². The molecule has 77 heavy (non-hydrogen) atoms. The van der Waals surface area contributed by atoms with Crippen LogP contribution in [0.5, 0.6) is 11.5 Å². The van der Waals surface area contributed by atoms with Crippen molar-refractivity contribution in [3.05, 3.63) is 90.0 Å². The molecule has 35 heteroatoms. The van der Waals surface area contributed by atoms with Gasteiger partial charge in [0.15, 0.2) is 29.2 Å². The van der Waals surface area contributed by atoms with Crippen molar-refractivity contribution in [3.63, 3.8) is 0 Å². The minimum absolute atomic E-state index is 0.00240. The maximum Gasteiger partial charge on any atom is 0.481 e.